The quantitative estimate of drug-likeness (QED) is 0.146. The predicted molar refractivity (Wildman–Crippen MR) is 225 cm³/mol. The number of rotatable bonds is 14. The van der Waals surface area contributed by atoms with Crippen molar-refractivity contribution in [2.24, 2.45) is 11.5 Å². The molecule has 0 spiro atoms. The molecule has 12 nitrogen and oxygen atoms in total. The molecule has 0 unspecified atom stereocenters. The van der Waals surface area contributed by atoms with Crippen LogP contribution in [0.5, 0.6) is 0 Å². The highest BCUT2D eigenvalue weighted by atomic mass is 35.5. The SMILES string of the molecule is Cc1nn(C/C(F)=C/CN)c(C)c1Cc1ccc(S(=O)(=O)N(C)C)c(Cl)c1.Cc1nn(C/C(F)=C/CN)c(C)c1Cc1ccc(S(=O)(=O)N(C)C)c(Cl)c1.Cl.Cl. The van der Waals surface area contributed by atoms with Gasteiger partial charge in [0.05, 0.1) is 34.5 Å². The number of allylic oxidation sites excluding steroid dienone is 2. The molecule has 0 amide bonds. The standard InChI is InChI=1S/2C18H24ClFN4O2S.2ClH/c2*1-12-16(13(2)24(22-12)11-15(20)7-8-21)9-14-5-6-18(17(19)10-14)27(25,26)23(3)4;;/h2*5-7,10H,8-9,11,21H2,1-4H3;2*1H/b2*15-7-;;. The van der Waals surface area contributed by atoms with E-state index in [9.17, 15) is 25.6 Å². The van der Waals surface area contributed by atoms with Gasteiger partial charge in [0, 0.05) is 76.6 Å². The third-order valence-electron chi connectivity index (χ3n) is 8.61. The molecule has 4 aromatic rings. The number of aryl methyl sites for hydroxylation is 2. The van der Waals surface area contributed by atoms with Gasteiger partial charge in [0.25, 0.3) is 0 Å². The Kier molecular flexibility index (Phi) is 19.8. The molecule has 4 rings (SSSR count). The molecule has 0 aliphatic rings. The molecule has 0 aliphatic heterocycles. The minimum atomic E-state index is -3.60. The van der Waals surface area contributed by atoms with E-state index in [0.29, 0.717) is 12.8 Å². The van der Waals surface area contributed by atoms with Gasteiger partial charge in [-0.15, -0.1) is 24.8 Å². The number of benzene rings is 2. The summed E-state index contributed by atoms with van der Waals surface area (Å²) < 4.78 is 82.0. The summed E-state index contributed by atoms with van der Waals surface area (Å²) in [6.07, 6.45) is 3.67. The van der Waals surface area contributed by atoms with Crippen molar-refractivity contribution in [3.63, 3.8) is 0 Å². The van der Waals surface area contributed by atoms with E-state index in [-0.39, 0.29) is 82.5 Å². The van der Waals surface area contributed by atoms with Gasteiger partial charge in [-0.25, -0.2) is 34.2 Å². The Balaban J connectivity index is 0.000000541. The molecule has 0 atom stereocenters. The van der Waals surface area contributed by atoms with Crippen molar-refractivity contribution in [1.82, 2.24) is 28.2 Å². The zero-order valence-corrected chi connectivity index (χ0v) is 37.3. The normalized spacial score (nSPS) is 12.4. The van der Waals surface area contributed by atoms with Gasteiger partial charge < -0.3 is 11.5 Å². The van der Waals surface area contributed by atoms with Gasteiger partial charge in [0.2, 0.25) is 20.0 Å². The van der Waals surface area contributed by atoms with E-state index in [1.165, 1.54) is 52.5 Å². The van der Waals surface area contributed by atoms with E-state index in [4.69, 9.17) is 34.7 Å². The summed E-state index contributed by atoms with van der Waals surface area (Å²) in [6, 6.07) is 9.75. The van der Waals surface area contributed by atoms with Crippen molar-refractivity contribution in [2.75, 3.05) is 41.3 Å². The summed E-state index contributed by atoms with van der Waals surface area (Å²) in [5.41, 5.74) is 17.5. The number of hydrogen-bond donors (Lipinski definition) is 2. The Morgan fingerprint density at radius 2 is 1.00 bits per heavy atom. The minimum Gasteiger partial charge on any atom is -0.327 e. The molecule has 0 radical (unpaired) electrons. The summed E-state index contributed by atoms with van der Waals surface area (Å²) in [5.74, 6) is -0.674. The molecule has 312 valence electrons. The van der Waals surface area contributed by atoms with Crippen molar-refractivity contribution >= 4 is 68.1 Å². The van der Waals surface area contributed by atoms with Crippen LogP contribution < -0.4 is 11.5 Å². The van der Waals surface area contributed by atoms with Gasteiger partial charge in [0.15, 0.2) is 0 Å². The molecule has 0 aliphatic carbocycles. The highest BCUT2D eigenvalue weighted by Gasteiger charge is 2.23. The van der Waals surface area contributed by atoms with Crippen LogP contribution in [0.4, 0.5) is 8.78 Å². The van der Waals surface area contributed by atoms with Gasteiger partial charge in [-0.3, -0.25) is 9.36 Å². The molecule has 4 N–H and O–H groups in total. The largest absolute Gasteiger partial charge is 0.327 e. The lowest BCUT2D eigenvalue weighted by Crippen LogP contribution is -2.22. The number of nitrogens with zero attached hydrogens (tertiary/aromatic N) is 6. The van der Waals surface area contributed by atoms with Crippen LogP contribution in [0.25, 0.3) is 0 Å². The van der Waals surface area contributed by atoms with E-state index >= 15 is 0 Å². The second-order valence-electron chi connectivity index (χ2n) is 12.8. The second-order valence-corrected chi connectivity index (χ2v) is 17.9. The summed E-state index contributed by atoms with van der Waals surface area (Å²) >= 11 is 12.4. The first kappa shape index (κ1) is 51.1. The topological polar surface area (TPSA) is 162 Å². The van der Waals surface area contributed by atoms with Crippen LogP contribution in [0.1, 0.15) is 45.0 Å². The zero-order valence-electron chi connectivity index (χ0n) is 32.5. The van der Waals surface area contributed by atoms with E-state index in [2.05, 4.69) is 10.2 Å². The first-order chi connectivity index (χ1) is 25.1. The number of halogens is 6. The Hall–Kier alpha value is -2.90. The Bertz CT molecular complexity index is 2100. The average molecular weight is 903 g/mol. The van der Waals surface area contributed by atoms with Crippen molar-refractivity contribution < 1.29 is 25.6 Å². The maximum atomic E-state index is 13.8. The van der Waals surface area contributed by atoms with E-state index < -0.39 is 20.0 Å². The average Bonchev–Trinajstić information content (AvgIpc) is 3.48. The Morgan fingerprint density at radius 1 is 0.679 bits per heavy atom. The molecular formula is C36H50Cl4F2N8O4S2. The molecular weight excluding hydrogens is 852 g/mol. The van der Waals surface area contributed by atoms with Crippen LogP contribution in [-0.2, 0) is 46.0 Å². The highest BCUT2D eigenvalue weighted by molar-refractivity contribution is 7.89. The summed E-state index contributed by atoms with van der Waals surface area (Å²) in [4.78, 5) is 0.132. The summed E-state index contributed by atoms with van der Waals surface area (Å²) in [5, 5.41) is 9.12. The monoisotopic (exact) mass is 900 g/mol. The van der Waals surface area contributed by atoms with E-state index in [1.807, 2.05) is 27.7 Å². The van der Waals surface area contributed by atoms with Gasteiger partial charge in [-0.2, -0.15) is 10.2 Å². The maximum absolute atomic E-state index is 13.8. The molecule has 56 heavy (non-hydrogen) atoms. The first-order valence-electron chi connectivity index (χ1n) is 16.7. The van der Waals surface area contributed by atoms with E-state index in [1.54, 1.807) is 33.6 Å². The predicted octanol–water partition coefficient (Wildman–Crippen LogP) is 6.46. The summed E-state index contributed by atoms with van der Waals surface area (Å²) in [7, 11) is -1.37. The third kappa shape index (κ3) is 12.5. The second kappa shape index (κ2) is 21.7. The third-order valence-corrected chi connectivity index (χ3v) is 13.2. The lowest BCUT2D eigenvalue weighted by molar-refractivity contribution is 0.516. The first-order valence-corrected chi connectivity index (χ1v) is 20.4. The van der Waals surface area contributed by atoms with Gasteiger partial charge >= 0.3 is 0 Å². The van der Waals surface area contributed by atoms with Crippen LogP contribution in [-0.4, -0.2) is 86.3 Å². The number of sulfonamides is 2. The van der Waals surface area contributed by atoms with Gasteiger partial charge in [0.1, 0.15) is 21.4 Å². The fourth-order valence-corrected chi connectivity index (χ4v) is 8.36. The molecule has 0 bridgehead atoms. The van der Waals surface area contributed by atoms with Crippen LogP contribution in [0, 0.1) is 27.7 Å². The van der Waals surface area contributed by atoms with Crippen molar-refractivity contribution in [2.45, 2.75) is 63.4 Å². The lowest BCUT2D eigenvalue weighted by atomic mass is 10.0. The molecule has 2 heterocycles. The highest BCUT2D eigenvalue weighted by Crippen LogP contribution is 2.29. The zero-order chi connectivity index (χ0) is 40.7. The molecule has 0 fully saturated rings. The number of aromatic nitrogens is 4. The maximum Gasteiger partial charge on any atom is 0.244 e. The lowest BCUT2D eigenvalue weighted by Gasteiger charge is -2.13. The Morgan fingerprint density at radius 3 is 1.27 bits per heavy atom. The van der Waals surface area contributed by atoms with Crippen LogP contribution in [0.3, 0.4) is 0 Å². The van der Waals surface area contributed by atoms with Crippen molar-refractivity contribution in [1.29, 1.82) is 0 Å². The van der Waals surface area contributed by atoms with Gasteiger partial charge in [-0.05, 0) is 75.2 Å². The van der Waals surface area contributed by atoms with Crippen LogP contribution in [0.15, 0.2) is 70.0 Å². The number of hydrogen-bond acceptors (Lipinski definition) is 8. The fourth-order valence-electron chi connectivity index (χ4n) is 5.49. The smallest absolute Gasteiger partial charge is 0.244 e. The molecule has 0 saturated heterocycles. The van der Waals surface area contributed by atoms with E-state index in [0.717, 1.165) is 53.6 Å². The van der Waals surface area contributed by atoms with Crippen molar-refractivity contribution in [3.05, 3.63) is 115 Å². The van der Waals surface area contributed by atoms with Crippen LogP contribution >= 0.6 is 48.0 Å². The van der Waals surface area contributed by atoms with Crippen molar-refractivity contribution in [3.8, 4) is 0 Å². The fraction of sp³-hybridized carbons (Fsp3) is 0.389. The molecule has 20 heteroatoms. The number of nitrogens with two attached hydrogens (primary N) is 2. The molecule has 2 aromatic carbocycles. The van der Waals surface area contributed by atoms with Gasteiger partial charge in [-0.1, -0.05) is 35.3 Å². The minimum absolute atomic E-state index is 0. The molecule has 2 aromatic heterocycles. The van der Waals surface area contributed by atoms with Crippen LogP contribution in [0.2, 0.25) is 10.0 Å². The Labute approximate surface area is 351 Å². The molecule has 0 saturated carbocycles. The summed E-state index contributed by atoms with van der Waals surface area (Å²) in [6.45, 7) is 7.80.